The first kappa shape index (κ1) is 11.0. The second kappa shape index (κ2) is 5.61. The number of methoxy groups -OCH3 is 1. The van der Waals surface area contributed by atoms with Gasteiger partial charge in [-0.15, -0.1) is 0 Å². The number of nitriles is 1. The SMILES string of the molecule is COC(=O)/C(=C\c1ccccc1)CC#N. The summed E-state index contributed by atoms with van der Waals surface area (Å²) in [5, 5.41) is 8.56. The molecule has 0 atom stereocenters. The number of nitrogens with zero attached hydrogens (tertiary/aromatic N) is 1. The molecule has 76 valence electrons. The van der Waals surface area contributed by atoms with E-state index in [0.717, 1.165) is 5.56 Å². The maximum Gasteiger partial charge on any atom is 0.334 e. The first-order valence-corrected chi connectivity index (χ1v) is 4.49. The van der Waals surface area contributed by atoms with Crippen LogP contribution in [0.15, 0.2) is 35.9 Å². The van der Waals surface area contributed by atoms with Crippen molar-refractivity contribution in [2.24, 2.45) is 0 Å². The van der Waals surface area contributed by atoms with Crippen LogP contribution >= 0.6 is 0 Å². The zero-order valence-corrected chi connectivity index (χ0v) is 8.43. The van der Waals surface area contributed by atoms with Gasteiger partial charge >= 0.3 is 5.97 Å². The van der Waals surface area contributed by atoms with Crippen molar-refractivity contribution in [3.05, 3.63) is 41.5 Å². The van der Waals surface area contributed by atoms with E-state index in [1.807, 2.05) is 36.4 Å². The summed E-state index contributed by atoms with van der Waals surface area (Å²) in [6.07, 6.45) is 1.72. The van der Waals surface area contributed by atoms with Crippen LogP contribution in [0.4, 0.5) is 0 Å². The third-order valence-corrected chi connectivity index (χ3v) is 1.86. The number of ether oxygens (including phenoxy) is 1. The molecule has 1 aromatic carbocycles. The van der Waals surface area contributed by atoms with Crippen molar-refractivity contribution >= 4 is 12.0 Å². The van der Waals surface area contributed by atoms with Gasteiger partial charge in [0, 0.05) is 0 Å². The zero-order valence-electron chi connectivity index (χ0n) is 8.43. The van der Waals surface area contributed by atoms with E-state index in [-0.39, 0.29) is 6.42 Å². The molecule has 0 saturated heterocycles. The third-order valence-electron chi connectivity index (χ3n) is 1.86. The summed E-state index contributed by atoms with van der Waals surface area (Å²) in [5.41, 5.74) is 1.25. The highest BCUT2D eigenvalue weighted by molar-refractivity contribution is 5.93. The fourth-order valence-corrected chi connectivity index (χ4v) is 1.15. The van der Waals surface area contributed by atoms with Crippen molar-refractivity contribution in [2.45, 2.75) is 6.42 Å². The van der Waals surface area contributed by atoms with Crippen molar-refractivity contribution in [2.75, 3.05) is 7.11 Å². The number of esters is 1. The maximum absolute atomic E-state index is 11.3. The molecule has 0 aliphatic carbocycles. The van der Waals surface area contributed by atoms with E-state index in [2.05, 4.69) is 4.74 Å². The number of hydrogen-bond donors (Lipinski definition) is 0. The molecule has 0 saturated carbocycles. The fourth-order valence-electron chi connectivity index (χ4n) is 1.15. The van der Waals surface area contributed by atoms with Gasteiger partial charge in [-0.1, -0.05) is 30.3 Å². The van der Waals surface area contributed by atoms with E-state index in [1.165, 1.54) is 7.11 Å². The standard InChI is InChI=1S/C12H11NO2/c1-15-12(14)11(7-8-13)9-10-5-3-2-4-6-10/h2-6,9H,7H2,1H3/b11-9-. The number of rotatable bonds is 3. The molecule has 0 amide bonds. The Kier molecular flexibility index (Phi) is 4.11. The average Bonchev–Trinajstić information content (AvgIpc) is 2.29. The lowest BCUT2D eigenvalue weighted by Gasteiger charge is -2.00. The summed E-state index contributed by atoms with van der Waals surface area (Å²) in [7, 11) is 1.30. The molecule has 0 bridgehead atoms. The summed E-state index contributed by atoms with van der Waals surface area (Å²) in [4.78, 5) is 11.3. The molecule has 0 spiro atoms. The van der Waals surface area contributed by atoms with Gasteiger partial charge in [0.15, 0.2) is 0 Å². The molecule has 3 nitrogen and oxygen atoms in total. The second-order valence-corrected chi connectivity index (χ2v) is 2.91. The normalized spacial score (nSPS) is 10.5. The van der Waals surface area contributed by atoms with Crippen LogP contribution in [0, 0.1) is 11.3 Å². The Balaban J connectivity index is 2.95. The maximum atomic E-state index is 11.3. The Morgan fingerprint density at radius 3 is 2.67 bits per heavy atom. The molecule has 1 aromatic rings. The van der Waals surface area contributed by atoms with Gasteiger partial charge in [0.05, 0.1) is 25.2 Å². The minimum absolute atomic E-state index is 0.0571. The summed E-state index contributed by atoms with van der Waals surface area (Å²) in [5.74, 6) is -0.458. The molecule has 0 aliphatic rings. The van der Waals surface area contributed by atoms with Crippen molar-refractivity contribution in [3.8, 4) is 6.07 Å². The highest BCUT2D eigenvalue weighted by atomic mass is 16.5. The van der Waals surface area contributed by atoms with Gasteiger partial charge in [-0.2, -0.15) is 5.26 Å². The van der Waals surface area contributed by atoms with E-state index in [1.54, 1.807) is 6.08 Å². The molecule has 0 heterocycles. The van der Waals surface area contributed by atoms with E-state index in [9.17, 15) is 4.79 Å². The van der Waals surface area contributed by atoms with Crippen LogP contribution < -0.4 is 0 Å². The fraction of sp³-hybridized carbons (Fsp3) is 0.167. The van der Waals surface area contributed by atoms with Crippen LogP contribution in [-0.2, 0) is 9.53 Å². The molecular weight excluding hydrogens is 190 g/mol. The molecule has 15 heavy (non-hydrogen) atoms. The van der Waals surface area contributed by atoms with Gasteiger partial charge in [-0.25, -0.2) is 4.79 Å². The van der Waals surface area contributed by atoms with Gasteiger partial charge < -0.3 is 4.74 Å². The van der Waals surface area contributed by atoms with Crippen LogP contribution in [0.3, 0.4) is 0 Å². The molecule has 1 rings (SSSR count). The Labute approximate surface area is 88.6 Å². The molecule has 0 fully saturated rings. The zero-order chi connectivity index (χ0) is 11.1. The number of hydrogen-bond acceptors (Lipinski definition) is 3. The largest absolute Gasteiger partial charge is 0.466 e. The van der Waals surface area contributed by atoms with Gasteiger partial charge in [0.1, 0.15) is 0 Å². The second-order valence-electron chi connectivity index (χ2n) is 2.91. The molecule has 0 N–H and O–H groups in total. The Morgan fingerprint density at radius 1 is 1.47 bits per heavy atom. The Bertz CT molecular complexity index is 401. The van der Waals surface area contributed by atoms with Crippen LogP contribution in [0.2, 0.25) is 0 Å². The summed E-state index contributed by atoms with van der Waals surface area (Å²) < 4.78 is 4.58. The summed E-state index contributed by atoms with van der Waals surface area (Å²) in [6, 6.07) is 11.3. The topological polar surface area (TPSA) is 50.1 Å². The van der Waals surface area contributed by atoms with E-state index >= 15 is 0 Å². The summed E-state index contributed by atoms with van der Waals surface area (Å²) in [6.45, 7) is 0. The molecule has 0 aromatic heterocycles. The monoisotopic (exact) mass is 201 g/mol. The lowest BCUT2D eigenvalue weighted by Crippen LogP contribution is -2.03. The minimum atomic E-state index is -0.458. The smallest absolute Gasteiger partial charge is 0.334 e. The highest BCUT2D eigenvalue weighted by Gasteiger charge is 2.08. The van der Waals surface area contributed by atoms with Crippen LogP contribution in [0.5, 0.6) is 0 Å². The molecule has 3 heteroatoms. The summed E-state index contributed by atoms with van der Waals surface area (Å²) >= 11 is 0. The van der Waals surface area contributed by atoms with Crippen molar-refractivity contribution < 1.29 is 9.53 Å². The Hall–Kier alpha value is -2.08. The predicted molar refractivity (Wildman–Crippen MR) is 56.7 cm³/mol. The minimum Gasteiger partial charge on any atom is -0.466 e. The van der Waals surface area contributed by atoms with Gasteiger partial charge in [-0.3, -0.25) is 0 Å². The average molecular weight is 201 g/mol. The van der Waals surface area contributed by atoms with Gasteiger partial charge in [0.2, 0.25) is 0 Å². The first-order valence-electron chi connectivity index (χ1n) is 4.49. The van der Waals surface area contributed by atoms with Crippen molar-refractivity contribution in [1.82, 2.24) is 0 Å². The lowest BCUT2D eigenvalue weighted by molar-refractivity contribution is -0.136. The molecule has 0 radical (unpaired) electrons. The number of benzene rings is 1. The van der Waals surface area contributed by atoms with Crippen LogP contribution in [-0.4, -0.2) is 13.1 Å². The van der Waals surface area contributed by atoms with E-state index in [0.29, 0.717) is 5.57 Å². The van der Waals surface area contributed by atoms with Gasteiger partial charge in [0.25, 0.3) is 0 Å². The molecule has 0 unspecified atom stereocenters. The van der Waals surface area contributed by atoms with Gasteiger partial charge in [-0.05, 0) is 11.6 Å². The predicted octanol–water partition coefficient (Wildman–Crippen LogP) is 2.16. The van der Waals surface area contributed by atoms with Crippen LogP contribution in [0.25, 0.3) is 6.08 Å². The molecular formula is C12H11NO2. The lowest BCUT2D eigenvalue weighted by atomic mass is 10.1. The van der Waals surface area contributed by atoms with E-state index < -0.39 is 5.97 Å². The van der Waals surface area contributed by atoms with Crippen LogP contribution in [0.1, 0.15) is 12.0 Å². The molecule has 0 aliphatic heterocycles. The van der Waals surface area contributed by atoms with Crippen molar-refractivity contribution in [3.63, 3.8) is 0 Å². The highest BCUT2D eigenvalue weighted by Crippen LogP contribution is 2.10. The third kappa shape index (κ3) is 3.28. The first-order chi connectivity index (χ1) is 7.27. The quantitative estimate of drug-likeness (QED) is 0.556. The number of carbonyl (C=O) groups excluding carboxylic acids is 1. The van der Waals surface area contributed by atoms with Crippen molar-refractivity contribution in [1.29, 1.82) is 5.26 Å². The van der Waals surface area contributed by atoms with E-state index in [4.69, 9.17) is 5.26 Å². The number of carbonyl (C=O) groups is 1. The Morgan fingerprint density at radius 2 is 2.13 bits per heavy atom.